The lowest BCUT2D eigenvalue weighted by Crippen LogP contribution is -2.57. The number of hydrogen-bond donors (Lipinski definition) is 3. The molecule has 2 bridgehead atoms. The van der Waals surface area contributed by atoms with Crippen molar-refractivity contribution in [1.29, 1.82) is 0 Å². The molecule has 0 unspecified atom stereocenters. The van der Waals surface area contributed by atoms with E-state index in [0.717, 1.165) is 18.3 Å². The molecule has 2 aliphatic rings. The number of aromatic nitrogens is 1. The molecule has 0 radical (unpaired) electrons. The summed E-state index contributed by atoms with van der Waals surface area (Å²) in [6.07, 6.45) is 4.58. The van der Waals surface area contributed by atoms with E-state index >= 15 is 0 Å². The van der Waals surface area contributed by atoms with Gasteiger partial charge in [0.2, 0.25) is 11.8 Å². The van der Waals surface area contributed by atoms with Crippen molar-refractivity contribution in [1.82, 2.24) is 20.5 Å². The molecule has 9 heteroatoms. The average Bonchev–Trinajstić information content (AvgIpc) is 3.39. The molecule has 3 N–H and O–H groups in total. The van der Waals surface area contributed by atoms with Crippen molar-refractivity contribution in [2.24, 2.45) is 5.92 Å². The molecule has 0 saturated heterocycles. The third kappa shape index (κ3) is 6.94. The van der Waals surface area contributed by atoms with Crippen LogP contribution >= 0.6 is 0 Å². The zero-order valence-corrected chi connectivity index (χ0v) is 20.5. The monoisotopic (exact) mass is 482 g/mol. The predicted octanol–water partition coefficient (Wildman–Crippen LogP) is 2.09. The van der Waals surface area contributed by atoms with Crippen LogP contribution in [0.2, 0.25) is 0 Å². The molecule has 0 saturated carbocycles. The molecule has 2 aromatic rings. The first-order valence-electron chi connectivity index (χ1n) is 12.0. The number of nitrogens with one attached hydrogen (secondary N) is 3. The maximum absolute atomic E-state index is 13.4. The third-order valence-corrected chi connectivity index (χ3v) is 6.22. The van der Waals surface area contributed by atoms with Crippen molar-refractivity contribution in [3.8, 4) is 5.75 Å². The molecule has 1 aromatic heterocycles. The van der Waals surface area contributed by atoms with E-state index in [1.54, 1.807) is 25.4 Å². The van der Waals surface area contributed by atoms with Crippen LogP contribution < -0.4 is 15.4 Å². The van der Waals surface area contributed by atoms with Gasteiger partial charge in [-0.25, -0.2) is 0 Å². The minimum absolute atomic E-state index is 0.226. The molecule has 188 valence electrons. The fourth-order valence-electron chi connectivity index (χ4n) is 4.02. The summed E-state index contributed by atoms with van der Waals surface area (Å²) in [6, 6.07) is 8.32. The number of H-pyrrole nitrogens is 1. The summed E-state index contributed by atoms with van der Waals surface area (Å²) in [7, 11) is 1.58. The summed E-state index contributed by atoms with van der Waals surface area (Å²) in [6.45, 7) is 4.15. The van der Waals surface area contributed by atoms with Crippen LogP contribution in [0.5, 0.6) is 5.75 Å². The Kier molecular flexibility index (Phi) is 9.05. The summed E-state index contributed by atoms with van der Waals surface area (Å²) in [5, 5.41) is 5.61. The summed E-state index contributed by atoms with van der Waals surface area (Å²) in [5.41, 5.74) is 1.16. The molecule has 0 fully saturated rings. The molecule has 4 rings (SSSR count). The predicted molar refractivity (Wildman–Crippen MR) is 131 cm³/mol. The van der Waals surface area contributed by atoms with E-state index in [1.807, 2.05) is 38.1 Å². The molecule has 3 amide bonds. The Hall–Kier alpha value is -3.62. The minimum Gasteiger partial charge on any atom is -0.494 e. The topological polar surface area (TPSA) is 121 Å². The van der Waals surface area contributed by atoms with Crippen LogP contribution in [0.25, 0.3) is 0 Å². The van der Waals surface area contributed by atoms with Gasteiger partial charge in [0.05, 0.1) is 12.6 Å². The summed E-state index contributed by atoms with van der Waals surface area (Å²) in [5.74, 6) is -0.766. The second kappa shape index (κ2) is 12.2. The van der Waals surface area contributed by atoms with Crippen LogP contribution in [0.15, 0.2) is 42.6 Å². The van der Waals surface area contributed by atoms with Crippen molar-refractivity contribution in [2.75, 3.05) is 13.7 Å². The molecular formula is C26H34N4O5. The fraction of sp³-hybridized carbons (Fsp3) is 0.462. The maximum atomic E-state index is 13.4. The number of benzene rings is 1. The van der Waals surface area contributed by atoms with Crippen LogP contribution in [0, 0.1) is 5.92 Å². The van der Waals surface area contributed by atoms with E-state index in [2.05, 4.69) is 15.6 Å². The largest absolute Gasteiger partial charge is 0.494 e. The highest BCUT2D eigenvalue weighted by Crippen LogP contribution is 2.17. The first kappa shape index (κ1) is 26.0. The molecule has 3 heterocycles. The number of carbonyl (C=O) groups excluding carboxylic acids is 4. The standard InChI is InChI=1S/C26H34N4O5/c1-17(2)23-26(34)30(3)19(16-31)7-4-5-14-35-20-11-9-18(10-12-20)15-22(25(33)29-23)28-24(32)21-8-6-13-27-21/h6,8-13,16-17,19,22-23,27H,4-5,7,14-15H2,1-3H3,(H,28,32)(H,29,33)/t19-,22-,23-/m0/s1. The molecule has 35 heavy (non-hydrogen) atoms. The second-order valence-electron chi connectivity index (χ2n) is 9.19. The Morgan fingerprint density at radius 3 is 2.54 bits per heavy atom. The Labute approximate surface area is 205 Å². The molecule has 0 spiro atoms. The lowest BCUT2D eigenvalue weighted by molar-refractivity contribution is -0.140. The van der Waals surface area contributed by atoms with Gasteiger partial charge in [-0.3, -0.25) is 14.4 Å². The van der Waals surface area contributed by atoms with Gasteiger partial charge in [-0.2, -0.15) is 0 Å². The minimum atomic E-state index is -0.922. The maximum Gasteiger partial charge on any atom is 0.268 e. The van der Waals surface area contributed by atoms with Crippen LogP contribution in [0.4, 0.5) is 0 Å². The van der Waals surface area contributed by atoms with Gasteiger partial charge in [0.15, 0.2) is 0 Å². The number of likely N-dealkylation sites (N-methyl/N-ethyl adjacent to an activating group) is 1. The number of hydrogen-bond acceptors (Lipinski definition) is 5. The SMILES string of the molecule is CC(C)[C@@H]1NC(=O)[C@@H](NC(=O)c2ccc[nH]2)Cc2ccc(cc2)OCCCC[C@@H](C=O)N(C)C1=O. The van der Waals surface area contributed by atoms with E-state index in [-0.39, 0.29) is 18.2 Å². The van der Waals surface area contributed by atoms with Crippen molar-refractivity contribution >= 4 is 24.0 Å². The van der Waals surface area contributed by atoms with Crippen molar-refractivity contribution in [3.63, 3.8) is 0 Å². The lowest BCUT2D eigenvalue weighted by atomic mass is 9.99. The van der Waals surface area contributed by atoms with E-state index in [0.29, 0.717) is 30.9 Å². The van der Waals surface area contributed by atoms with Gasteiger partial charge in [0, 0.05) is 19.7 Å². The van der Waals surface area contributed by atoms with Crippen LogP contribution in [0.3, 0.4) is 0 Å². The van der Waals surface area contributed by atoms with Crippen molar-refractivity contribution in [2.45, 2.75) is 57.7 Å². The normalized spacial score (nSPS) is 22.3. The van der Waals surface area contributed by atoms with Gasteiger partial charge in [0.25, 0.3) is 5.91 Å². The highest BCUT2D eigenvalue weighted by atomic mass is 16.5. The van der Waals surface area contributed by atoms with Crippen molar-refractivity contribution < 1.29 is 23.9 Å². The number of carbonyl (C=O) groups is 4. The first-order chi connectivity index (χ1) is 16.8. The smallest absolute Gasteiger partial charge is 0.268 e. The first-order valence-corrected chi connectivity index (χ1v) is 12.0. The number of ether oxygens (including phenoxy) is 1. The van der Waals surface area contributed by atoms with Gasteiger partial charge < -0.3 is 30.0 Å². The van der Waals surface area contributed by atoms with Crippen LogP contribution in [0.1, 0.15) is 49.2 Å². The number of fused-ring (bicyclic) bond motifs is 14. The highest BCUT2D eigenvalue weighted by Gasteiger charge is 2.33. The molecule has 9 nitrogen and oxygen atoms in total. The second-order valence-corrected chi connectivity index (χ2v) is 9.19. The van der Waals surface area contributed by atoms with Gasteiger partial charge in [-0.05, 0) is 55.0 Å². The van der Waals surface area contributed by atoms with Crippen LogP contribution in [-0.4, -0.2) is 65.7 Å². The van der Waals surface area contributed by atoms with Gasteiger partial charge in [0.1, 0.15) is 29.8 Å². The van der Waals surface area contributed by atoms with Crippen LogP contribution in [-0.2, 0) is 20.8 Å². The Morgan fingerprint density at radius 2 is 1.91 bits per heavy atom. The Balaban J connectivity index is 1.90. The van der Waals surface area contributed by atoms with Crippen molar-refractivity contribution in [3.05, 3.63) is 53.9 Å². The summed E-state index contributed by atoms with van der Waals surface area (Å²) in [4.78, 5) is 55.4. The van der Waals surface area contributed by atoms with Gasteiger partial charge in [-0.15, -0.1) is 0 Å². The van der Waals surface area contributed by atoms with E-state index in [9.17, 15) is 19.2 Å². The quantitative estimate of drug-likeness (QED) is 0.577. The summed E-state index contributed by atoms with van der Waals surface area (Å²) >= 11 is 0. The third-order valence-electron chi connectivity index (χ3n) is 6.22. The summed E-state index contributed by atoms with van der Waals surface area (Å²) < 4.78 is 5.79. The number of aromatic amines is 1. The van der Waals surface area contributed by atoms with Gasteiger partial charge in [-0.1, -0.05) is 26.0 Å². The van der Waals surface area contributed by atoms with Gasteiger partial charge >= 0.3 is 0 Å². The number of amides is 3. The van der Waals surface area contributed by atoms with E-state index < -0.39 is 29.9 Å². The average molecular weight is 483 g/mol. The number of nitrogens with zero attached hydrogens (tertiary/aromatic N) is 1. The molecule has 3 atom stereocenters. The zero-order chi connectivity index (χ0) is 25.4. The molecule has 0 aliphatic carbocycles. The highest BCUT2D eigenvalue weighted by molar-refractivity contribution is 5.97. The van der Waals surface area contributed by atoms with E-state index in [1.165, 1.54) is 4.90 Å². The zero-order valence-electron chi connectivity index (χ0n) is 20.5. The number of rotatable bonds is 4. The Bertz CT molecular complexity index is 1000. The molecular weight excluding hydrogens is 448 g/mol. The van der Waals surface area contributed by atoms with E-state index in [4.69, 9.17) is 4.74 Å². The molecule has 1 aromatic carbocycles. The lowest BCUT2D eigenvalue weighted by Gasteiger charge is -2.31. The Morgan fingerprint density at radius 1 is 1.17 bits per heavy atom. The number of aldehydes is 1. The molecule has 2 aliphatic heterocycles. The fourth-order valence-corrected chi connectivity index (χ4v) is 4.02.